The van der Waals surface area contributed by atoms with Crippen molar-refractivity contribution in [1.82, 2.24) is 0 Å². The summed E-state index contributed by atoms with van der Waals surface area (Å²) in [6, 6.07) is 3.64. The van der Waals surface area contributed by atoms with Crippen LogP contribution in [0.2, 0.25) is 0 Å². The van der Waals surface area contributed by atoms with Gasteiger partial charge in [-0.05, 0) is 6.42 Å². The molecular weight excluding hydrogens is 100 g/mol. The van der Waals surface area contributed by atoms with Crippen molar-refractivity contribution >= 4 is 0 Å². The largest absolute Gasteiger partial charge is 0.197 e. The minimum absolute atomic E-state index is 0.465. The molecule has 0 spiro atoms. The second kappa shape index (κ2) is 3.89. The fraction of sp³-hybridized carbons (Fsp3) is 0.333. The third-order valence-electron chi connectivity index (χ3n) is 0.714. The van der Waals surface area contributed by atoms with Crippen molar-refractivity contribution in [3.63, 3.8) is 0 Å². The molecule has 8 heavy (non-hydrogen) atoms. The van der Waals surface area contributed by atoms with E-state index in [9.17, 15) is 0 Å². The van der Waals surface area contributed by atoms with E-state index in [-0.39, 0.29) is 0 Å². The van der Waals surface area contributed by atoms with Gasteiger partial charge in [-0.2, -0.15) is 10.5 Å². The minimum Gasteiger partial charge on any atom is -0.197 e. The molecule has 0 aliphatic heterocycles. The van der Waals surface area contributed by atoms with Crippen LogP contribution in [0.25, 0.3) is 0 Å². The predicted molar refractivity (Wildman–Crippen MR) is 29.5 cm³/mol. The van der Waals surface area contributed by atoms with Gasteiger partial charge in [0, 0.05) is 0 Å². The van der Waals surface area contributed by atoms with Crippen LogP contribution >= 0.6 is 0 Å². The zero-order valence-electron chi connectivity index (χ0n) is 4.46. The zero-order chi connectivity index (χ0) is 6.41. The van der Waals surface area contributed by atoms with E-state index < -0.39 is 5.92 Å². The first kappa shape index (κ1) is 6.72. The summed E-state index contributed by atoms with van der Waals surface area (Å²) >= 11 is 0. The monoisotopic (exact) mass is 106 g/mol. The number of allylic oxidation sites excluding steroid dienone is 1. The first-order valence-electron chi connectivity index (χ1n) is 2.25. The maximum atomic E-state index is 8.14. The van der Waals surface area contributed by atoms with Crippen molar-refractivity contribution in [1.29, 1.82) is 10.5 Å². The van der Waals surface area contributed by atoms with Crippen molar-refractivity contribution in [2.75, 3.05) is 0 Å². The lowest BCUT2D eigenvalue weighted by Crippen LogP contribution is -1.87. The van der Waals surface area contributed by atoms with Crippen LogP contribution in [0.3, 0.4) is 0 Å². The van der Waals surface area contributed by atoms with Crippen LogP contribution in [0.15, 0.2) is 12.7 Å². The quantitative estimate of drug-likeness (QED) is 0.497. The second-order valence-corrected chi connectivity index (χ2v) is 1.34. The lowest BCUT2D eigenvalue weighted by molar-refractivity contribution is 0.865. The number of nitrogens with zero attached hydrogens (tertiary/aromatic N) is 2. The molecule has 0 saturated heterocycles. The molecule has 0 bridgehead atoms. The van der Waals surface area contributed by atoms with Crippen LogP contribution in [0.1, 0.15) is 6.42 Å². The highest BCUT2D eigenvalue weighted by Gasteiger charge is 1.98. The third-order valence-corrected chi connectivity index (χ3v) is 0.714. The maximum Gasteiger partial charge on any atom is 0.136 e. The molecule has 0 fully saturated rings. The van der Waals surface area contributed by atoms with Gasteiger partial charge in [0.05, 0.1) is 12.1 Å². The van der Waals surface area contributed by atoms with E-state index in [4.69, 9.17) is 10.5 Å². The van der Waals surface area contributed by atoms with Gasteiger partial charge in [-0.25, -0.2) is 0 Å². The van der Waals surface area contributed by atoms with Crippen LogP contribution in [0.5, 0.6) is 0 Å². The standard InChI is InChI=1S/C6H6N2/c1-2-3-6(4-7)5-8/h2,6H,1,3H2. The molecule has 0 aromatic carbocycles. The summed E-state index contributed by atoms with van der Waals surface area (Å²) in [5.74, 6) is -0.507. The molecule has 0 saturated carbocycles. The Morgan fingerprint density at radius 3 is 2.12 bits per heavy atom. The number of nitriles is 2. The predicted octanol–water partition coefficient (Wildman–Crippen LogP) is 1.23. The van der Waals surface area contributed by atoms with Crippen molar-refractivity contribution in [2.24, 2.45) is 5.92 Å². The van der Waals surface area contributed by atoms with E-state index in [1.54, 1.807) is 6.08 Å². The van der Waals surface area contributed by atoms with E-state index in [0.717, 1.165) is 0 Å². The molecule has 0 aromatic heterocycles. The Kier molecular flexibility index (Phi) is 3.27. The van der Waals surface area contributed by atoms with Gasteiger partial charge in [-0.15, -0.1) is 6.58 Å². The van der Waals surface area contributed by atoms with Gasteiger partial charge in [0.1, 0.15) is 5.92 Å². The lowest BCUT2D eigenvalue weighted by atomic mass is 10.1. The molecule has 0 amide bonds. The Bertz CT molecular complexity index is 133. The van der Waals surface area contributed by atoms with E-state index >= 15 is 0 Å². The average molecular weight is 106 g/mol. The lowest BCUT2D eigenvalue weighted by Gasteiger charge is -1.86. The Hall–Kier alpha value is -1.28. The highest BCUT2D eigenvalue weighted by Crippen LogP contribution is 1.97. The molecule has 2 heteroatoms. The summed E-state index contributed by atoms with van der Waals surface area (Å²) in [6.45, 7) is 3.39. The van der Waals surface area contributed by atoms with Gasteiger partial charge in [-0.3, -0.25) is 0 Å². The molecule has 40 valence electrons. The number of rotatable bonds is 2. The molecule has 0 N–H and O–H groups in total. The Morgan fingerprint density at radius 2 is 2.00 bits per heavy atom. The Labute approximate surface area is 48.7 Å². The fourth-order valence-electron chi connectivity index (χ4n) is 0.301. The van der Waals surface area contributed by atoms with E-state index in [1.165, 1.54) is 0 Å². The van der Waals surface area contributed by atoms with Crippen LogP contribution < -0.4 is 0 Å². The molecule has 0 aliphatic rings. The SMILES string of the molecule is C=CCC(C#N)C#N. The van der Waals surface area contributed by atoms with Gasteiger partial charge < -0.3 is 0 Å². The average Bonchev–Trinajstić information content (AvgIpc) is 1.83. The summed E-state index contributed by atoms with van der Waals surface area (Å²) in [5, 5.41) is 16.3. The number of hydrogen-bond donors (Lipinski definition) is 0. The third kappa shape index (κ3) is 2.00. The van der Waals surface area contributed by atoms with Gasteiger partial charge in [0.2, 0.25) is 0 Å². The zero-order valence-corrected chi connectivity index (χ0v) is 4.46. The molecule has 0 unspecified atom stereocenters. The first-order valence-corrected chi connectivity index (χ1v) is 2.25. The summed E-state index contributed by atoms with van der Waals surface area (Å²) in [7, 11) is 0. The fourth-order valence-corrected chi connectivity index (χ4v) is 0.301. The molecule has 0 aliphatic carbocycles. The van der Waals surface area contributed by atoms with E-state index in [2.05, 4.69) is 6.58 Å². The maximum absolute atomic E-state index is 8.14. The van der Waals surface area contributed by atoms with Crippen LogP contribution in [0, 0.1) is 28.6 Å². The smallest absolute Gasteiger partial charge is 0.136 e. The highest BCUT2D eigenvalue weighted by atomic mass is 14.3. The van der Waals surface area contributed by atoms with E-state index in [1.807, 2.05) is 12.1 Å². The van der Waals surface area contributed by atoms with Crippen LogP contribution in [0.4, 0.5) is 0 Å². The van der Waals surface area contributed by atoms with Crippen LogP contribution in [-0.4, -0.2) is 0 Å². The summed E-state index contributed by atoms with van der Waals surface area (Å²) in [4.78, 5) is 0. The van der Waals surface area contributed by atoms with Crippen molar-refractivity contribution in [2.45, 2.75) is 6.42 Å². The van der Waals surface area contributed by atoms with Crippen molar-refractivity contribution in [3.05, 3.63) is 12.7 Å². The summed E-state index contributed by atoms with van der Waals surface area (Å²) in [6.07, 6.45) is 2.03. The minimum atomic E-state index is -0.507. The van der Waals surface area contributed by atoms with Crippen molar-refractivity contribution in [3.8, 4) is 12.1 Å². The molecule has 0 aromatic rings. The topological polar surface area (TPSA) is 47.6 Å². The van der Waals surface area contributed by atoms with Gasteiger partial charge in [-0.1, -0.05) is 6.08 Å². The first-order chi connectivity index (χ1) is 3.85. The molecule has 0 rings (SSSR count). The van der Waals surface area contributed by atoms with Gasteiger partial charge >= 0.3 is 0 Å². The second-order valence-electron chi connectivity index (χ2n) is 1.34. The molecule has 0 atom stereocenters. The molecule has 2 nitrogen and oxygen atoms in total. The normalized spacial score (nSPS) is 7.38. The highest BCUT2D eigenvalue weighted by molar-refractivity contribution is 5.01. The summed E-state index contributed by atoms with van der Waals surface area (Å²) in [5.41, 5.74) is 0. The molecule has 0 radical (unpaired) electrons. The Balaban J connectivity index is 3.62. The Morgan fingerprint density at radius 1 is 1.50 bits per heavy atom. The summed E-state index contributed by atoms with van der Waals surface area (Å²) < 4.78 is 0. The van der Waals surface area contributed by atoms with Crippen molar-refractivity contribution < 1.29 is 0 Å². The van der Waals surface area contributed by atoms with E-state index in [0.29, 0.717) is 6.42 Å². The van der Waals surface area contributed by atoms with Gasteiger partial charge in [0.15, 0.2) is 0 Å². The van der Waals surface area contributed by atoms with Crippen LogP contribution in [-0.2, 0) is 0 Å². The molecule has 0 heterocycles. The number of hydrogen-bond acceptors (Lipinski definition) is 2. The molecular formula is C6H6N2. The van der Waals surface area contributed by atoms with Gasteiger partial charge in [0.25, 0.3) is 0 Å².